The molecular weight excluding hydrogens is 242 g/mol. The van der Waals surface area contributed by atoms with Crippen LogP contribution in [-0.2, 0) is 16.0 Å². The maximum Gasteiger partial charge on any atom is 0.247 e. The SMILES string of the molecule is Cl.O=C1Cc2cccnc2N1N1CCOCC1. The van der Waals surface area contributed by atoms with E-state index < -0.39 is 0 Å². The van der Waals surface area contributed by atoms with E-state index in [0.717, 1.165) is 24.5 Å². The van der Waals surface area contributed by atoms with Crippen LogP contribution in [0.4, 0.5) is 5.82 Å². The average molecular weight is 256 g/mol. The fourth-order valence-electron chi connectivity index (χ4n) is 2.16. The molecule has 0 saturated carbocycles. The third-order valence-electron chi connectivity index (χ3n) is 2.92. The van der Waals surface area contributed by atoms with Gasteiger partial charge in [0.05, 0.1) is 19.6 Å². The van der Waals surface area contributed by atoms with Gasteiger partial charge in [-0.1, -0.05) is 6.07 Å². The summed E-state index contributed by atoms with van der Waals surface area (Å²) in [5.41, 5.74) is 1.01. The molecule has 1 amide bonds. The minimum atomic E-state index is 0. The van der Waals surface area contributed by atoms with Crippen LogP contribution in [0.5, 0.6) is 0 Å². The number of pyridine rings is 1. The molecule has 3 rings (SSSR count). The van der Waals surface area contributed by atoms with Crippen molar-refractivity contribution in [3.05, 3.63) is 23.9 Å². The molecule has 1 aromatic heterocycles. The molecule has 0 spiro atoms. The number of anilines is 1. The fourth-order valence-corrected chi connectivity index (χ4v) is 2.16. The highest BCUT2D eigenvalue weighted by molar-refractivity contribution is 5.99. The summed E-state index contributed by atoms with van der Waals surface area (Å²) in [4.78, 5) is 16.2. The number of amides is 1. The molecule has 0 aliphatic carbocycles. The highest BCUT2D eigenvalue weighted by Crippen LogP contribution is 2.27. The zero-order valence-electron chi connectivity index (χ0n) is 9.33. The number of ether oxygens (including phenoxy) is 1. The van der Waals surface area contributed by atoms with Crippen molar-refractivity contribution in [3.63, 3.8) is 0 Å². The van der Waals surface area contributed by atoms with Gasteiger partial charge < -0.3 is 4.74 Å². The molecule has 0 N–H and O–H groups in total. The Morgan fingerprint density at radius 1 is 1.29 bits per heavy atom. The second-order valence-electron chi connectivity index (χ2n) is 3.93. The van der Waals surface area contributed by atoms with E-state index in [4.69, 9.17) is 4.74 Å². The number of carbonyl (C=O) groups excluding carboxylic acids is 1. The number of hydrogen-bond donors (Lipinski definition) is 0. The van der Waals surface area contributed by atoms with E-state index in [1.165, 1.54) is 0 Å². The van der Waals surface area contributed by atoms with Crippen molar-refractivity contribution in [3.8, 4) is 0 Å². The Kier molecular flexibility index (Phi) is 3.61. The van der Waals surface area contributed by atoms with E-state index in [-0.39, 0.29) is 18.3 Å². The Morgan fingerprint density at radius 3 is 2.82 bits per heavy atom. The second-order valence-corrected chi connectivity index (χ2v) is 3.93. The van der Waals surface area contributed by atoms with Gasteiger partial charge in [0.1, 0.15) is 0 Å². The molecular formula is C11H14ClN3O2. The van der Waals surface area contributed by atoms with Crippen molar-refractivity contribution < 1.29 is 9.53 Å². The number of nitrogens with zero attached hydrogens (tertiary/aromatic N) is 3. The van der Waals surface area contributed by atoms with Crippen LogP contribution < -0.4 is 5.01 Å². The van der Waals surface area contributed by atoms with Crippen LogP contribution in [0.25, 0.3) is 0 Å². The summed E-state index contributed by atoms with van der Waals surface area (Å²) in [7, 11) is 0. The van der Waals surface area contributed by atoms with Gasteiger partial charge in [-0.15, -0.1) is 12.4 Å². The van der Waals surface area contributed by atoms with Crippen molar-refractivity contribution in [2.75, 3.05) is 31.3 Å². The molecule has 92 valence electrons. The summed E-state index contributed by atoms with van der Waals surface area (Å²) in [5.74, 6) is 0.894. The summed E-state index contributed by atoms with van der Waals surface area (Å²) in [5, 5.41) is 3.72. The van der Waals surface area contributed by atoms with Gasteiger partial charge in [-0.2, -0.15) is 0 Å². The molecule has 2 aliphatic rings. The minimum absolute atomic E-state index is 0. The van der Waals surface area contributed by atoms with Gasteiger partial charge >= 0.3 is 0 Å². The van der Waals surface area contributed by atoms with Crippen LogP contribution in [0.2, 0.25) is 0 Å². The number of hydrogen-bond acceptors (Lipinski definition) is 4. The third kappa shape index (κ3) is 2.13. The predicted octanol–water partition coefficient (Wildman–Crippen LogP) is 0.640. The Labute approximate surface area is 106 Å². The lowest BCUT2D eigenvalue weighted by Crippen LogP contribution is -2.50. The topological polar surface area (TPSA) is 45.7 Å². The van der Waals surface area contributed by atoms with Crippen LogP contribution >= 0.6 is 12.4 Å². The first-order valence-corrected chi connectivity index (χ1v) is 5.46. The quantitative estimate of drug-likeness (QED) is 0.739. The molecule has 0 radical (unpaired) electrons. The van der Waals surface area contributed by atoms with Crippen LogP contribution in [0, 0.1) is 0 Å². The minimum Gasteiger partial charge on any atom is -0.379 e. The number of fused-ring (bicyclic) bond motifs is 1. The van der Waals surface area contributed by atoms with Crippen molar-refractivity contribution in [2.24, 2.45) is 0 Å². The lowest BCUT2D eigenvalue weighted by Gasteiger charge is -2.33. The molecule has 1 aromatic rings. The second kappa shape index (κ2) is 5.00. The fraction of sp³-hybridized carbons (Fsp3) is 0.455. The lowest BCUT2D eigenvalue weighted by molar-refractivity contribution is -0.121. The van der Waals surface area contributed by atoms with Crippen molar-refractivity contribution in [2.45, 2.75) is 6.42 Å². The summed E-state index contributed by atoms with van der Waals surface area (Å²) >= 11 is 0. The zero-order chi connectivity index (χ0) is 11.0. The van der Waals surface area contributed by atoms with Gasteiger partial charge in [-0.3, -0.25) is 4.79 Å². The number of rotatable bonds is 1. The van der Waals surface area contributed by atoms with Gasteiger partial charge in [0.2, 0.25) is 5.91 Å². The molecule has 0 aromatic carbocycles. The molecule has 0 unspecified atom stereocenters. The van der Waals surface area contributed by atoms with E-state index in [1.807, 2.05) is 17.1 Å². The molecule has 1 fully saturated rings. The first-order chi connectivity index (χ1) is 7.86. The zero-order valence-corrected chi connectivity index (χ0v) is 10.2. The molecule has 3 heterocycles. The van der Waals surface area contributed by atoms with Crippen LogP contribution in [0.3, 0.4) is 0 Å². The van der Waals surface area contributed by atoms with E-state index in [2.05, 4.69) is 4.98 Å². The van der Waals surface area contributed by atoms with Crippen LogP contribution in [0.15, 0.2) is 18.3 Å². The first kappa shape index (κ1) is 12.3. The van der Waals surface area contributed by atoms with Gasteiger partial charge in [-0.05, 0) is 6.07 Å². The van der Waals surface area contributed by atoms with Crippen LogP contribution in [-0.4, -0.2) is 42.2 Å². The van der Waals surface area contributed by atoms with E-state index >= 15 is 0 Å². The number of aromatic nitrogens is 1. The monoisotopic (exact) mass is 255 g/mol. The highest BCUT2D eigenvalue weighted by Gasteiger charge is 2.33. The van der Waals surface area contributed by atoms with E-state index in [9.17, 15) is 4.79 Å². The summed E-state index contributed by atoms with van der Waals surface area (Å²) < 4.78 is 5.28. The maximum absolute atomic E-state index is 11.9. The summed E-state index contributed by atoms with van der Waals surface area (Å²) in [6, 6.07) is 3.83. The molecule has 0 bridgehead atoms. The Morgan fingerprint density at radius 2 is 2.06 bits per heavy atom. The highest BCUT2D eigenvalue weighted by atomic mass is 35.5. The molecule has 2 aliphatic heterocycles. The molecule has 0 atom stereocenters. The van der Waals surface area contributed by atoms with Gasteiger partial charge in [0, 0.05) is 24.8 Å². The summed E-state index contributed by atoms with van der Waals surface area (Å²) in [6.07, 6.45) is 2.19. The standard InChI is InChI=1S/C11H13N3O2.ClH/c15-10-8-9-2-1-3-12-11(9)14(10)13-4-6-16-7-5-13;/h1-3H,4-8H2;1H. The van der Waals surface area contributed by atoms with Crippen molar-refractivity contribution in [1.82, 2.24) is 9.99 Å². The number of hydrazine groups is 1. The number of carbonyl (C=O) groups is 1. The largest absolute Gasteiger partial charge is 0.379 e. The predicted molar refractivity (Wildman–Crippen MR) is 65.1 cm³/mol. The van der Waals surface area contributed by atoms with Gasteiger partial charge in [-0.25, -0.2) is 15.0 Å². The lowest BCUT2D eigenvalue weighted by atomic mass is 10.2. The van der Waals surface area contributed by atoms with E-state index in [0.29, 0.717) is 19.6 Å². The van der Waals surface area contributed by atoms with Crippen molar-refractivity contribution in [1.29, 1.82) is 0 Å². The average Bonchev–Trinajstić information content (AvgIpc) is 2.66. The maximum atomic E-state index is 11.9. The molecule has 6 heteroatoms. The van der Waals surface area contributed by atoms with E-state index in [1.54, 1.807) is 11.2 Å². The first-order valence-electron chi connectivity index (χ1n) is 5.46. The Hall–Kier alpha value is -1.17. The van der Waals surface area contributed by atoms with Crippen molar-refractivity contribution >= 4 is 24.1 Å². The molecule has 5 nitrogen and oxygen atoms in total. The smallest absolute Gasteiger partial charge is 0.247 e. The number of morpholine rings is 1. The Balaban J connectivity index is 0.00000108. The molecule has 17 heavy (non-hydrogen) atoms. The number of halogens is 1. The third-order valence-corrected chi connectivity index (χ3v) is 2.92. The van der Waals surface area contributed by atoms with Gasteiger partial charge in [0.15, 0.2) is 5.82 Å². The van der Waals surface area contributed by atoms with Gasteiger partial charge in [0.25, 0.3) is 0 Å². The molecule has 1 saturated heterocycles. The normalized spacial score (nSPS) is 20.0. The van der Waals surface area contributed by atoms with Crippen LogP contribution in [0.1, 0.15) is 5.56 Å². The Bertz CT molecular complexity index is 421. The summed E-state index contributed by atoms with van der Waals surface area (Å²) in [6.45, 7) is 2.85.